The van der Waals surface area contributed by atoms with Gasteiger partial charge in [-0.1, -0.05) is 13.8 Å². The molecule has 3 aromatic rings. The topological polar surface area (TPSA) is 86.4 Å². The lowest BCUT2D eigenvalue weighted by Crippen LogP contribution is -2.33. The van der Waals surface area contributed by atoms with Gasteiger partial charge in [0.2, 0.25) is 11.8 Å². The van der Waals surface area contributed by atoms with E-state index in [2.05, 4.69) is 39.1 Å². The van der Waals surface area contributed by atoms with Gasteiger partial charge in [0.1, 0.15) is 0 Å². The maximum Gasteiger partial charge on any atom is 0.219 e. The average molecular weight is 397 g/mol. The van der Waals surface area contributed by atoms with Crippen LogP contribution < -0.4 is 14.4 Å². The molecule has 1 fully saturated rings. The Morgan fingerprint density at radius 3 is 2.48 bits per heavy atom. The minimum absolute atomic E-state index is 0.289. The van der Waals surface area contributed by atoms with Crippen molar-refractivity contribution in [2.75, 3.05) is 32.2 Å². The summed E-state index contributed by atoms with van der Waals surface area (Å²) in [6, 6.07) is 3.91. The molecule has 154 valence electrons. The number of hydrogen-bond acceptors (Lipinski definition) is 8. The first-order valence-electron chi connectivity index (χ1n) is 10.0. The van der Waals surface area contributed by atoms with Gasteiger partial charge >= 0.3 is 0 Å². The standard InChI is InChI=1S/C21H27N5O3/c1-13(2)9-19-23-25-21(29-19)14-5-7-26(8-6-14)20-16-11-18(28-4)17(27-3)10-15(16)12-22-24-20/h10-14H,5-9H2,1-4H3. The Morgan fingerprint density at radius 1 is 1.07 bits per heavy atom. The Morgan fingerprint density at radius 2 is 1.79 bits per heavy atom. The van der Waals surface area contributed by atoms with Crippen molar-refractivity contribution < 1.29 is 13.9 Å². The predicted octanol–water partition coefficient (Wildman–Crippen LogP) is 3.61. The first-order valence-corrected chi connectivity index (χ1v) is 10.0. The van der Waals surface area contributed by atoms with Gasteiger partial charge in [-0.05, 0) is 30.9 Å². The third-order valence-electron chi connectivity index (χ3n) is 5.35. The highest BCUT2D eigenvalue weighted by Gasteiger charge is 2.27. The fourth-order valence-corrected chi connectivity index (χ4v) is 3.83. The quantitative estimate of drug-likeness (QED) is 0.623. The van der Waals surface area contributed by atoms with E-state index in [4.69, 9.17) is 13.9 Å². The molecule has 1 saturated heterocycles. The van der Waals surface area contributed by atoms with Gasteiger partial charge in [0.05, 0.1) is 20.4 Å². The first kappa shape index (κ1) is 19.4. The van der Waals surface area contributed by atoms with Crippen molar-refractivity contribution in [3.05, 3.63) is 30.1 Å². The molecule has 0 aliphatic carbocycles. The average Bonchev–Trinajstić information content (AvgIpc) is 3.20. The minimum atomic E-state index is 0.289. The molecule has 0 amide bonds. The summed E-state index contributed by atoms with van der Waals surface area (Å²) in [5, 5.41) is 19.1. The van der Waals surface area contributed by atoms with Crippen molar-refractivity contribution in [2.45, 2.75) is 39.0 Å². The third-order valence-corrected chi connectivity index (χ3v) is 5.35. The molecular formula is C21H27N5O3. The number of fused-ring (bicyclic) bond motifs is 1. The number of ether oxygens (including phenoxy) is 2. The monoisotopic (exact) mass is 397 g/mol. The maximum atomic E-state index is 5.90. The number of aromatic nitrogens is 4. The van der Waals surface area contributed by atoms with Crippen molar-refractivity contribution in [3.63, 3.8) is 0 Å². The van der Waals surface area contributed by atoms with E-state index < -0.39 is 0 Å². The molecular weight excluding hydrogens is 370 g/mol. The molecule has 0 atom stereocenters. The van der Waals surface area contributed by atoms with Gasteiger partial charge in [-0.15, -0.1) is 15.3 Å². The number of benzene rings is 1. The molecule has 0 radical (unpaired) electrons. The zero-order valence-electron chi connectivity index (χ0n) is 17.4. The third kappa shape index (κ3) is 3.97. The van der Waals surface area contributed by atoms with E-state index in [-0.39, 0.29) is 5.92 Å². The summed E-state index contributed by atoms with van der Waals surface area (Å²) in [4.78, 5) is 2.27. The van der Waals surface area contributed by atoms with Gasteiger partial charge < -0.3 is 18.8 Å². The number of anilines is 1. The molecule has 0 N–H and O–H groups in total. The Balaban J connectivity index is 1.52. The van der Waals surface area contributed by atoms with E-state index in [1.807, 2.05) is 12.1 Å². The molecule has 0 saturated carbocycles. The molecule has 0 bridgehead atoms. The highest BCUT2D eigenvalue weighted by Crippen LogP contribution is 2.37. The van der Waals surface area contributed by atoms with Gasteiger partial charge in [-0.25, -0.2) is 0 Å². The van der Waals surface area contributed by atoms with E-state index >= 15 is 0 Å². The van der Waals surface area contributed by atoms with Crippen molar-refractivity contribution in [1.29, 1.82) is 0 Å². The van der Waals surface area contributed by atoms with E-state index in [1.165, 1.54) is 0 Å². The van der Waals surface area contributed by atoms with Crippen LogP contribution in [0.15, 0.2) is 22.7 Å². The van der Waals surface area contributed by atoms with E-state index in [9.17, 15) is 0 Å². The van der Waals surface area contributed by atoms with Gasteiger partial charge in [0.15, 0.2) is 17.3 Å². The zero-order valence-corrected chi connectivity index (χ0v) is 17.4. The molecule has 0 spiro atoms. The van der Waals surface area contributed by atoms with Crippen LogP contribution in [0.1, 0.15) is 44.4 Å². The van der Waals surface area contributed by atoms with Crippen LogP contribution in [0.3, 0.4) is 0 Å². The van der Waals surface area contributed by atoms with E-state index in [0.717, 1.165) is 60.7 Å². The Labute approximate surface area is 170 Å². The lowest BCUT2D eigenvalue weighted by atomic mass is 9.96. The van der Waals surface area contributed by atoms with Crippen LogP contribution in [-0.4, -0.2) is 47.7 Å². The molecule has 3 heterocycles. The summed E-state index contributed by atoms with van der Waals surface area (Å²) < 4.78 is 16.8. The smallest absolute Gasteiger partial charge is 0.219 e. The summed E-state index contributed by atoms with van der Waals surface area (Å²) in [5.41, 5.74) is 0. The van der Waals surface area contributed by atoms with Crippen molar-refractivity contribution in [3.8, 4) is 11.5 Å². The van der Waals surface area contributed by atoms with Gasteiger partial charge in [0.25, 0.3) is 0 Å². The van der Waals surface area contributed by atoms with Crippen LogP contribution in [0.25, 0.3) is 10.8 Å². The molecule has 1 aromatic carbocycles. The second kappa shape index (κ2) is 8.23. The predicted molar refractivity (Wildman–Crippen MR) is 110 cm³/mol. The number of hydrogen-bond donors (Lipinski definition) is 0. The van der Waals surface area contributed by atoms with Gasteiger partial charge in [0, 0.05) is 36.2 Å². The second-order valence-corrected chi connectivity index (χ2v) is 7.86. The Bertz CT molecular complexity index is 980. The lowest BCUT2D eigenvalue weighted by Gasteiger charge is -2.31. The Kier molecular flexibility index (Phi) is 5.51. The molecule has 29 heavy (non-hydrogen) atoms. The summed E-state index contributed by atoms with van der Waals surface area (Å²) in [7, 11) is 3.27. The highest BCUT2D eigenvalue weighted by molar-refractivity contribution is 5.94. The van der Waals surface area contributed by atoms with Crippen LogP contribution >= 0.6 is 0 Å². The van der Waals surface area contributed by atoms with Crippen LogP contribution in [0.5, 0.6) is 11.5 Å². The molecule has 1 aliphatic heterocycles. The largest absolute Gasteiger partial charge is 0.493 e. The molecule has 1 aliphatic rings. The molecule has 8 nitrogen and oxygen atoms in total. The lowest BCUT2D eigenvalue weighted by molar-refractivity contribution is 0.355. The summed E-state index contributed by atoms with van der Waals surface area (Å²) >= 11 is 0. The SMILES string of the molecule is COc1cc2cnnc(N3CCC(c4nnc(CC(C)C)o4)CC3)c2cc1OC. The first-order chi connectivity index (χ1) is 14.1. The van der Waals surface area contributed by atoms with Crippen LogP contribution in [-0.2, 0) is 6.42 Å². The molecule has 0 unspecified atom stereocenters. The number of methoxy groups -OCH3 is 2. The molecule has 4 rings (SSSR count). The number of nitrogens with zero attached hydrogens (tertiary/aromatic N) is 5. The van der Waals surface area contributed by atoms with Crippen LogP contribution in [0.4, 0.5) is 5.82 Å². The Hall–Kier alpha value is -2.90. The number of rotatable bonds is 6. The van der Waals surface area contributed by atoms with Crippen molar-refractivity contribution in [1.82, 2.24) is 20.4 Å². The number of piperidine rings is 1. The normalized spacial score (nSPS) is 15.3. The van der Waals surface area contributed by atoms with Gasteiger partial charge in [-0.3, -0.25) is 0 Å². The summed E-state index contributed by atoms with van der Waals surface area (Å²) in [6.45, 7) is 6.01. The summed E-state index contributed by atoms with van der Waals surface area (Å²) in [5.74, 6) is 4.53. The maximum absolute atomic E-state index is 5.90. The van der Waals surface area contributed by atoms with Gasteiger partial charge in [-0.2, -0.15) is 5.10 Å². The fraction of sp³-hybridized carbons (Fsp3) is 0.524. The fourth-order valence-electron chi connectivity index (χ4n) is 3.83. The zero-order chi connectivity index (χ0) is 20.4. The van der Waals surface area contributed by atoms with Crippen LogP contribution in [0, 0.1) is 5.92 Å². The van der Waals surface area contributed by atoms with Crippen molar-refractivity contribution in [2.24, 2.45) is 5.92 Å². The highest BCUT2D eigenvalue weighted by atomic mass is 16.5. The van der Waals surface area contributed by atoms with Crippen LogP contribution in [0.2, 0.25) is 0 Å². The van der Waals surface area contributed by atoms with E-state index in [0.29, 0.717) is 17.4 Å². The summed E-state index contributed by atoms with van der Waals surface area (Å²) in [6.07, 6.45) is 4.45. The molecule has 8 heteroatoms. The second-order valence-electron chi connectivity index (χ2n) is 7.86. The minimum Gasteiger partial charge on any atom is -0.493 e. The van der Waals surface area contributed by atoms with E-state index in [1.54, 1.807) is 20.4 Å². The van der Waals surface area contributed by atoms with Crippen molar-refractivity contribution >= 4 is 16.6 Å². The molecule has 2 aromatic heterocycles.